The van der Waals surface area contributed by atoms with Crippen LogP contribution in [-0.2, 0) is 0 Å². The molecule has 0 bridgehead atoms. The molecule has 0 radical (unpaired) electrons. The molecule has 0 heterocycles. The molecular weight excluding hydrogens is 175 g/mol. The Hall–Kier alpha value is 1.78. The molecule has 0 unspecified atom stereocenters. The normalized spacial score (nSPS) is 3.75. The third kappa shape index (κ3) is 113. The molecule has 0 aliphatic carbocycles. The van der Waals surface area contributed by atoms with Crippen LogP contribution >= 0.6 is 11.9 Å². The van der Waals surface area contributed by atoms with Crippen LogP contribution in [0.2, 0.25) is 0 Å². The standard InChI is InChI=1S/CH2O3.Ca.ClHO.Na.3H/c2-1(3)4;;1-2;;;;/h(H2,2,3,4);;2H;;;;. The van der Waals surface area contributed by atoms with Gasteiger partial charge in [0, 0.05) is 0 Å². The van der Waals surface area contributed by atoms with Gasteiger partial charge in [0.1, 0.15) is 0 Å². The molecular formula is CH6CaClNaO4. The molecule has 0 aromatic carbocycles. The van der Waals surface area contributed by atoms with Crippen LogP contribution in [0.1, 0.15) is 0 Å². The van der Waals surface area contributed by atoms with Gasteiger partial charge in [-0.25, -0.2) is 4.79 Å². The Morgan fingerprint density at radius 3 is 1.25 bits per heavy atom. The van der Waals surface area contributed by atoms with Crippen molar-refractivity contribution in [3.8, 4) is 0 Å². The molecule has 0 fully saturated rings. The molecule has 4 nitrogen and oxygen atoms in total. The predicted octanol–water partition coefficient (Wildman–Crippen LogP) is -1.21. The van der Waals surface area contributed by atoms with Gasteiger partial charge in [-0.3, -0.25) is 4.66 Å². The Balaban J connectivity index is -0.0000000183. The number of carbonyl (C=O) groups is 1. The zero-order chi connectivity index (χ0) is 5.58. The second-order valence-corrected chi connectivity index (χ2v) is 0.283. The summed E-state index contributed by atoms with van der Waals surface area (Å²) in [4.78, 5) is 8.56. The van der Waals surface area contributed by atoms with Crippen molar-refractivity contribution in [3.05, 3.63) is 0 Å². The van der Waals surface area contributed by atoms with Crippen molar-refractivity contribution in [2.75, 3.05) is 0 Å². The molecule has 0 aliphatic heterocycles. The molecule has 0 atom stereocenters. The molecule has 0 aromatic heterocycles. The zero-order valence-corrected chi connectivity index (χ0v) is 3.38. The van der Waals surface area contributed by atoms with Crippen LogP contribution in [-0.4, -0.2) is 88.3 Å². The molecule has 0 amide bonds. The van der Waals surface area contributed by atoms with Crippen molar-refractivity contribution >= 4 is 85.3 Å². The summed E-state index contributed by atoms with van der Waals surface area (Å²) in [5, 5.41) is 13.9. The Labute approximate surface area is 103 Å². The van der Waals surface area contributed by atoms with E-state index in [1.165, 1.54) is 0 Å². The third-order valence-electron chi connectivity index (χ3n) is 0. The van der Waals surface area contributed by atoms with Gasteiger partial charge in [-0.1, -0.05) is 0 Å². The average molecular weight is 181 g/mol. The van der Waals surface area contributed by atoms with Crippen LogP contribution in [0.4, 0.5) is 4.79 Å². The van der Waals surface area contributed by atoms with E-state index in [1.807, 2.05) is 0 Å². The zero-order valence-electron chi connectivity index (χ0n) is 2.63. The number of rotatable bonds is 0. The fraction of sp³-hybridized carbons (Fsp3) is 0. The topological polar surface area (TPSA) is 77.8 Å². The molecule has 8 heavy (non-hydrogen) atoms. The molecule has 0 saturated heterocycles. The summed E-state index contributed by atoms with van der Waals surface area (Å²) in [6, 6.07) is 0. The van der Waals surface area contributed by atoms with Crippen molar-refractivity contribution in [1.29, 1.82) is 0 Å². The first-order valence-electron chi connectivity index (χ1n) is 0.820. The summed E-state index contributed by atoms with van der Waals surface area (Å²) in [6.07, 6.45) is -1.83. The summed E-state index contributed by atoms with van der Waals surface area (Å²) in [5.41, 5.74) is 0. The fourth-order valence-corrected chi connectivity index (χ4v) is 0. The first kappa shape index (κ1) is 22.6. The number of hydrogen-bond acceptors (Lipinski definition) is 2. The Morgan fingerprint density at radius 2 is 1.25 bits per heavy atom. The molecule has 3 N–H and O–H groups in total. The molecule has 0 rings (SSSR count). The van der Waals surface area contributed by atoms with Gasteiger partial charge in [0.25, 0.3) is 0 Å². The van der Waals surface area contributed by atoms with Gasteiger partial charge in [-0.15, -0.1) is 0 Å². The van der Waals surface area contributed by atoms with Crippen LogP contribution in [0.5, 0.6) is 0 Å². The monoisotopic (exact) mass is 180 g/mol. The van der Waals surface area contributed by atoms with Gasteiger partial charge >= 0.3 is 73.5 Å². The van der Waals surface area contributed by atoms with Gasteiger partial charge in [0.15, 0.2) is 0 Å². The van der Waals surface area contributed by atoms with Gasteiger partial charge in [-0.2, -0.15) is 0 Å². The van der Waals surface area contributed by atoms with E-state index < -0.39 is 6.16 Å². The summed E-state index contributed by atoms with van der Waals surface area (Å²) in [7, 11) is 0. The first-order chi connectivity index (χ1) is 2.73. The Kier molecular flexibility index (Phi) is 65.6. The van der Waals surface area contributed by atoms with Gasteiger partial charge < -0.3 is 10.2 Å². The SMILES string of the molecule is O=C(O)O.OCl.[CaH2].[NaH]. The minimum absolute atomic E-state index is 0. The molecule has 0 aliphatic rings. The van der Waals surface area contributed by atoms with E-state index in [0.717, 1.165) is 0 Å². The van der Waals surface area contributed by atoms with Crippen molar-refractivity contribution in [1.82, 2.24) is 0 Å². The van der Waals surface area contributed by atoms with Gasteiger partial charge in [0.05, 0.1) is 11.9 Å². The van der Waals surface area contributed by atoms with E-state index in [2.05, 4.69) is 11.9 Å². The van der Waals surface area contributed by atoms with Crippen molar-refractivity contribution < 1.29 is 19.7 Å². The van der Waals surface area contributed by atoms with Crippen LogP contribution in [0.3, 0.4) is 0 Å². The van der Waals surface area contributed by atoms with Crippen molar-refractivity contribution in [3.63, 3.8) is 0 Å². The summed E-state index contributed by atoms with van der Waals surface area (Å²) < 4.78 is 6.47. The first-order valence-corrected chi connectivity index (χ1v) is 1.16. The predicted molar refractivity (Wildman–Crippen MR) is 34.4 cm³/mol. The van der Waals surface area contributed by atoms with Crippen LogP contribution in [0.15, 0.2) is 0 Å². The number of halogens is 1. The number of carboxylic acid groups (broad SMARTS) is 2. The summed E-state index contributed by atoms with van der Waals surface area (Å²) in [5.74, 6) is 0. The molecule has 0 spiro atoms. The van der Waals surface area contributed by atoms with Crippen LogP contribution in [0, 0.1) is 0 Å². The van der Waals surface area contributed by atoms with Gasteiger partial charge in [-0.05, 0) is 0 Å². The summed E-state index contributed by atoms with van der Waals surface area (Å²) >= 11 is 3.64. The van der Waals surface area contributed by atoms with E-state index in [4.69, 9.17) is 19.7 Å². The van der Waals surface area contributed by atoms with E-state index in [9.17, 15) is 0 Å². The van der Waals surface area contributed by atoms with Crippen LogP contribution < -0.4 is 0 Å². The second kappa shape index (κ2) is 23.3. The quantitative estimate of drug-likeness (QED) is 0.409. The van der Waals surface area contributed by atoms with Crippen molar-refractivity contribution in [2.45, 2.75) is 0 Å². The molecule has 0 saturated carbocycles. The molecule has 44 valence electrons. The van der Waals surface area contributed by atoms with Crippen molar-refractivity contribution in [2.24, 2.45) is 0 Å². The minimum atomic E-state index is -1.83. The van der Waals surface area contributed by atoms with Crippen LogP contribution in [0.25, 0.3) is 0 Å². The van der Waals surface area contributed by atoms with E-state index >= 15 is 0 Å². The van der Waals surface area contributed by atoms with Gasteiger partial charge in [0.2, 0.25) is 0 Å². The second-order valence-electron chi connectivity index (χ2n) is 0.283. The Bertz CT molecular complexity index is 39.0. The molecule has 7 heteroatoms. The number of hydrogen-bond donors (Lipinski definition) is 3. The maximum absolute atomic E-state index is 8.56. The van der Waals surface area contributed by atoms with E-state index in [0.29, 0.717) is 0 Å². The fourth-order valence-electron chi connectivity index (χ4n) is 0. The summed E-state index contributed by atoms with van der Waals surface area (Å²) in [6.45, 7) is 0. The van der Waals surface area contributed by atoms with E-state index in [-0.39, 0.29) is 67.3 Å². The third-order valence-corrected chi connectivity index (χ3v) is 0. The molecule has 0 aromatic rings. The Morgan fingerprint density at radius 1 is 1.25 bits per heavy atom. The van der Waals surface area contributed by atoms with E-state index in [1.54, 1.807) is 0 Å². The average Bonchev–Trinajstić information content (AvgIpc) is 1.41. The maximum atomic E-state index is 8.56.